The van der Waals surface area contributed by atoms with E-state index in [1.54, 1.807) is 7.11 Å². The fourth-order valence-corrected chi connectivity index (χ4v) is 3.26. The van der Waals surface area contributed by atoms with Crippen LogP contribution in [0.1, 0.15) is 42.4 Å². The van der Waals surface area contributed by atoms with Gasteiger partial charge in [0.05, 0.1) is 28.7 Å². The van der Waals surface area contributed by atoms with Crippen LogP contribution in [0.4, 0.5) is 0 Å². The molecule has 1 unspecified atom stereocenters. The zero-order valence-electron chi connectivity index (χ0n) is 12.5. The fourth-order valence-electron chi connectivity index (χ4n) is 2.27. The second kappa shape index (κ2) is 7.73. The highest BCUT2D eigenvalue weighted by Gasteiger charge is 2.21. The van der Waals surface area contributed by atoms with Crippen LogP contribution in [0.15, 0.2) is 18.2 Å². The van der Waals surface area contributed by atoms with Gasteiger partial charge in [0, 0.05) is 0 Å². The third kappa shape index (κ3) is 3.73. The third-order valence-corrected chi connectivity index (χ3v) is 4.39. The number of hydrogen-bond acceptors (Lipinski definition) is 5. The Hall–Kier alpha value is -1.17. The highest BCUT2D eigenvalue weighted by molar-refractivity contribution is 7.05. The average Bonchev–Trinajstić information content (AvgIpc) is 2.94. The van der Waals surface area contributed by atoms with Crippen molar-refractivity contribution in [3.05, 3.63) is 39.4 Å². The Morgan fingerprint density at radius 3 is 2.86 bits per heavy atom. The van der Waals surface area contributed by atoms with Gasteiger partial charge in [-0.3, -0.25) is 0 Å². The van der Waals surface area contributed by atoms with Crippen molar-refractivity contribution in [1.82, 2.24) is 14.9 Å². The van der Waals surface area contributed by atoms with Crippen LogP contribution in [0, 0.1) is 0 Å². The quantitative estimate of drug-likeness (QED) is 0.840. The first-order chi connectivity index (χ1) is 10.2. The molecule has 0 spiro atoms. The molecule has 2 aromatic rings. The number of aromatic nitrogens is 2. The van der Waals surface area contributed by atoms with E-state index in [0.29, 0.717) is 10.8 Å². The van der Waals surface area contributed by atoms with Gasteiger partial charge in [0.1, 0.15) is 5.75 Å². The number of hydrogen-bond donors (Lipinski definition) is 1. The van der Waals surface area contributed by atoms with Gasteiger partial charge in [-0.2, -0.15) is 0 Å². The summed E-state index contributed by atoms with van der Waals surface area (Å²) in [6.07, 6.45) is 2.00. The zero-order valence-corrected chi connectivity index (χ0v) is 14.1. The summed E-state index contributed by atoms with van der Waals surface area (Å²) in [7, 11) is 1.63. The van der Waals surface area contributed by atoms with Crippen LogP contribution in [-0.2, 0) is 6.42 Å². The van der Waals surface area contributed by atoms with E-state index < -0.39 is 0 Å². The first-order valence-corrected chi connectivity index (χ1v) is 8.24. The molecule has 0 fully saturated rings. The summed E-state index contributed by atoms with van der Waals surface area (Å²) in [4.78, 5) is 1.17. The lowest BCUT2D eigenvalue weighted by molar-refractivity contribution is 0.414. The molecule has 0 aliphatic rings. The zero-order chi connectivity index (χ0) is 15.2. The molecule has 0 aliphatic carbocycles. The molecular weight excluding hydrogens is 306 g/mol. The standard InChI is InChI=1S/C15H20ClN3OS/c1-4-6-12-15(21-19-18-12)14(17-5-2)10-7-8-11(16)13(9-10)20-3/h7-9,14,17H,4-6H2,1-3H3. The third-order valence-electron chi connectivity index (χ3n) is 3.25. The minimum atomic E-state index is 0.0720. The molecule has 0 saturated carbocycles. The summed E-state index contributed by atoms with van der Waals surface area (Å²) in [6.45, 7) is 5.10. The van der Waals surface area contributed by atoms with Gasteiger partial charge < -0.3 is 10.1 Å². The molecule has 4 nitrogen and oxygen atoms in total. The number of methoxy groups -OCH3 is 1. The van der Waals surface area contributed by atoms with Crippen LogP contribution >= 0.6 is 23.1 Å². The molecule has 6 heteroatoms. The monoisotopic (exact) mass is 325 g/mol. The number of nitrogens with one attached hydrogen (secondary N) is 1. The van der Waals surface area contributed by atoms with E-state index in [2.05, 4.69) is 28.8 Å². The number of benzene rings is 1. The molecule has 0 saturated heterocycles. The first kappa shape index (κ1) is 16.2. The van der Waals surface area contributed by atoms with Crippen molar-refractivity contribution in [3.63, 3.8) is 0 Å². The smallest absolute Gasteiger partial charge is 0.137 e. The van der Waals surface area contributed by atoms with E-state index >= 15 is 0 Å². The first-order valence-electron chi connectivity index (χ1n) is 7.09. The predicted molar refractivity (Wildman–Crippen MR) is 87.4 cm³/mol. The molecule has 1 N–H and O–H groups in total. The van der Waals surface area contributed by atoms with Crippen LogP contribution < -0.4 is 10.1 Å². The molecule has 1 atom stereocenters. The van der Waals surface area contributed by atoms with Gasteiger partial charge in [0.25, 0.3) is 0 Å². The molecule has 1 heterocycles. The van der Waals surface area contributed by atoms with Crippen molar-refractivity contribution in [1.29, 1.82) is 0 Å². The van der Waals surface area contributed by atoms with E-state index in [0.717, 1.165) is 30.6 Å². The Kier molecular flexibility index (Phi) is 5.96. The lowest BCUT2D eigenvalue weighted by atomic mass is 10.0. The fraction of sp³-hybridized carbons (Fsp3) is 0.467. The van der Waals surface area contributed by atoms with Crippen LogP contribution in [0.5, 0.6) is 5.75 Å². The maximum Gasteiger partial charge on any atom is 0.137 e. The maximum absolute atomic E-state index is 6.12. The van der Waals surface area contributed by atoms with Crippen LogP contribution in [0.2, 0.25) is 5.02 Å². The molecule has 21 heavy (non-hydrogen) atoms. The molecule has 0 amide bonds. The van der Waals surface area contributed by atoms with Crippen molar-refractivity contribution in [3.8, 4) is 5.75 Å². The summed E-state index contributed by atoms with van der Waals surface area (Å²) in [5, 5.41) is 8.39. The average molecular weight is 326 g/mol. The van der Waals surface area contributed by atoms with Gasteiger partial charge in [-0.05, 0) is 42.2 Å². The number of halogens is 1. The summed E-state index contributed by atoms with van der Waals surface area (Å²) in [5.74, 6) is 0.687. The number of nitrogens with zero attached hydrogens (tertiary/aromatic N) is 2. The van der Waals surface area contributed by atoms with Crippen LogP contribution in [-0.4, -0.2) is 23.2 Å². The molecule has 1 aromatic heterocycles. The molecule has 0 radical (unpaired) electrons. The highest BCUT2D eigenvalue weighted by Crippen LogP contribution is 2.33. The normalized spacial score (nSPS) is 12.4. The van der Waals surface area contributed by atoms with Crippen molar-refractivity contribution in [2.24, 2.45) is 0 Å². The summed E-state index contributed by atoms with van der Waals surface area (Å²) >= 11 is 7.57. The summed E-state index contributed by atoms with van der Waals surface area (Å²) in [5.41, 5.74) is 2.18. The molecule has 0 bridgehead atoms. The van der Waals surface area contributed by atoms with E-state index in [1.807, 2.05) is 18.2 Å². The van der Waals surface area contributed by atoms with Gasteiger partial charge in [-0.1, -0.05) is 42.4 Å². The van der Waals surface area contributed by atoms with Crippen molar-refractivity contribution < 1.29 is 4.74 Å². The number of ether oxygens (including phenoxy) is 1. The lowest BCUT2D eigenvalue weighted by Gasteiger charge is -2.18. The Morgan fingerprint density at radius 2 is 2.19 bits per heavy atom. The molecule has 1 aromatic carbocycles. The number of aryl methyl sites for hydroxylation is 1. The predicted octanol–water partition coefficient (Wildman–Crippen LogP) is 3.85. The highest BCUT2D eigenvalue weighted by atomic mass is 35.5. The molecule has 0 aliphatic heterocycles. The van der Waals surface area contributed by atoms with E-state index in [4.69, 9.17) is 16.3 Å². The van der Waals surface area contributed by atoms with Gasteiger partial charge in [0.15, 0.2) is 0 Å². The van der Waals surface area contributed by atoms with Gasteiger partial charge in [-0.15, -0.1) is 5.10 Å². The Morgan fingerprint density at radius 1 is 1.38 bits per heavy atom. The summed E-state index contributed by atoms with van der Waals surface area (Å²) < 4.78 is 9.45. The minimum Gasteiger partial charge on any atom is -0.495 e. The van der Waals surface area contributed by atoms with E-state index in [1.165, 1.54) is 16.4 Å². The lowest BCUT2D eigenvalue weighted by Crippen LogP contribution is -2.22. The van der Waals surface area contributed by atoms with Crippen molar-refractivity contribution >= 4 is 23.1 Å². The second-order valence-corrected chi connectivity index (χ2v) is 5.91. The Labute approximate surface area is 134 Å². The second-order valence-electron chi connectivity index (χ2n) is 4.72. The molecule has 114 valence electrons. The maximum atomic E-state index is 6.12. The Balaban J connectivity index is 2.40. The SMILES string of the molecule is CCCc1nnsc1C(NCC)c1ccc(Cl)c(OC)c1. The Bertz CT molecular complexity index is 588. The van der Waals surface area contributed by atoms with Gasteiger partial charge >= 0.3 is 0 Å². The van der Waals surface area contributed by atoms with Crippen molar-refractivity contribution in [2.45, 2.75) is 32.7 Å². The number of rotatable bonds is 7. The topological polar surface area (TPSA) is 47.0 Å². The summed E-state index contributed by atoms with van der Waals surface area (Å²) in [6, 6.07) is 5.94. The molecule has 2 rings (SSSR count). The largest absolute Gasteiger partial charge is 0.495 e. The van der Waals surface area contributed by atoms with Crippen LogP contribution in [0.3, 0.4) is 0 Å². The van der Waals surface area contributed by atoms with Gasteiger partial charge in [-0.25, -0.2) is 0 Å². The minimum absolute atomic E-state index is 0.0720. The van der Waals surface area contributed by atoms with E-state index in [-0.39, 0.29) is 6.04 Å². The van der Waals surface area contributed by atoms with Crippen molar-refractivity contribution in [2.75, 3.05) is 13.7 Å². The van der Waals surface area contributed by atoms with Gasteiger partial charge in [0.2, 0.25) is 0 Å². The molecular formula is C15H20ClN3OS. The van der Waals surface area contributed by atoms with Crippen LogP contribution in [0.25, 0.3) is 0 Å². The van der Waals surface area contributed by atoms with E-state index in [9.17, 15) is 0 Å².